The lowest BCUT2D eigenvalue weighted by Gasteiger charge is -2.23. The molecule has 0 bridgehead atoms. The van der Waals surface area contributed by atoms with Gasteiger partial charge in [-0.1, -0.05) is 12.1 Å². The van der Waals surface area contributed by atoms with E-state index < -0.39 is 0 Å². The number of hydrogen-bond acceptors (Lipinski definition) is 4. The van der Waals surface area contributed by atoms with Crippen LogP contribution < -0.4 is 4.90 Å². The van der Waals surface area contributed by atoms with Gasteiger partial charge >= 0.3 is 0 Å². The van der Waals surface area contributed by atoms with E-state index in [4.69, 9.17) is 0 Å². The van der Waals surface area contributed by atoms with Gasteiger partial charge in [0.1, 0.15) is 12.1 Å². The predicted molar refractivity (Wildman–Crippen MR) is 78.6 cm³/mol. The van der Waals surface area contributed by atoms with Crippen LogP contribution in [0.1, 0.15) is 12.0 Å². The maximum Gasteiger partial charge on any atom is 0.140 e. The molecule has 4 heteroatoms. The highest BCUT2D eigenvalue weighted by atomic mass is 15.2. The van der Waals surface area contributed by atoms with Gasteiger partial charge in [0.2, 0.25) is 0 Å². The Morgan fingerprint density at radius 3 is 2.84 bits per heavy atom. The fraction of sp³-hybridized carbons (Fsp3) is 0.467. The second-order valence-corrected chi connectivity index (χ2v) is 5.31. The van der Waals surface area contributed by atoms with Crippen molar-refractivity contribution in [3.63, 3.8) is 0 Å². The monoisotopic (exact) mass is 256 g/mol. The Bertz CT molecular complexity index is 576. The molecule has 4 nitrogen and oxygen atoms in total. The van der Waals surface area contributed by atoms with Crippen molar-refractivity contribution in [1.29, 1.82) is 0 Å². The van der Waals surface area contributed by atoms with Crippen molar-refractivity contribution in [3.8, 4) is 0 Å². The fourth-order valence-corrected chi connectivity index (χ4v) is 2.76. The number of anilines is 1. The molecule has 0 unspecified atom stereocenters. The first kappa shape index (κ1) is 12.4. The van der Waals surface area contributed by atoms with Crippen molar-refractivity contribution in [2.75, 3.05) is 38.1 Å². The van der Waals surface area contributed by atoms with Gasteiger partial charge in [-0.2, -0.15) is 0 Å². The minimum atomic E-state index is 1.04. The second kappa shape index (κ2) is 5.13. The molecule has 0 atom stereocenters. The molecule has 1 aromatic heterocycles. The quantitative estimate of drug-likeness (QED) is 0.782. The minimum absolute atomic E-state index is 1.04. The normalized spacial score (nSPS) is 17.7. The molecule has 1 aromatic carbocycles. The van der Waals surface area contributed by atoms with Gasteiger partial charge in [-0.3, -0.25) is 0 Å². The number of rotatable bonds is 1. The van der Waals surface area contributed by atoms with Gasteiger partial charge in [0.25, 0.3) is 0 Å². The van der Waals surface area contributed by atoms with Crippen LogP contribution in [0.5, 0.6) is 0 Å². The van der Waals surface area contributed by atoms with Crippen LogP contribution in [0.2, 0.25) is 0 Å². The number of fused-ring (bicyclic) bond motifs is 1. The molecule has 0 radical (unpaired) electrons. The van der Waals surface area contributed by atoms with Crippen LogP contribution in [-0.4, -0.2) is 48.1 Å². The van der Waals surface area contributed by atoms with E-state index >= 15 is 0 Å². The first-order valence-electron chi connectivity index (χ1n) is 6.89. The van der Waals surface area contributed by atoms with Gasteiger partial charge in [-0.05, 0) is 38.6 Å². The lowest BCUT2D eigenvalue weighted by molar-refractivity contribution is 0.360. The molecule has 0 saturated carbocycles. The Hall–Kier alpha value is -1.68. The summed E-state index contributed by atoms with van der Waals surface area (Å²) in [6, 6.07) is 6.27. The summed E-state index contributed by atoms with van der Waals surface area (Å²) in [5.74, 6) is 1.10. The van der Waals surface area contributed by atoms with Crippen LogP contribution >= 0.6 is 0 Å². The number of aromatic nitrogens is 2. The zero-order chi connectivity index (χ0) is 13.2. The molecule has 1 saturated heterocycles. The highest BCUT2D eigenvalue weighted by molar-refractivity contribution is 5.92. The summed E-state index contributed by atoms with van der Waals surface area (Å²) in [6.45, 7) is 6.51. The molecule has 19 heavy (non-hydrogen) atoms. The first-order chi connectivity index (χ1) is 9.25. The summed E-state index contributed by atoms with van der Waals surface area (Å²) in [5, 5.41) is 1.20. The molecule has 2 heterocycles. The summed E-state index contributed by atoms with van der Waals surface area (Å²) < 4.78 is 0. The van der Waals surface area contributed by atoms with Crippen molar-refractivity contribution >= 4 is 16.7 Å². The molecule has 3 rings (SSSR count). The molecular formula is C15H20N4. The topological polar surface area (TPSA) is 32.3 Å². The average Bonchev–Trinajstić information content (AvgIpc) is 2.63. The first-order valence-corrected chi connectivity index (χ1v) is 6.89. The predicted octanol–water partition coefficient (Wildman–Crippen LogP) is 2.08. The van der Waals surface area contributed by atoms with Crippen molar-refractivity contribution in [2.24, 2.45) is 0 Å². The molecule has 0 amide bonds. The molecular weight excluding hydrogens is 236 g/mol. The zero-order valence-electron chi connectivity index (χ0n) is 11.6. The molecule has 0 spiro atoms. The number of likely N-dealkylation sites (N-methyl/N-ethyl adjacent to an activating group) is 1. The second-order valence-electron chi connectivity index (χ2n) is 5.31. The molecule has 2 aromatic rings. The van der Waals surface area contributed by atoms with Crippen molar-refractivity contribution in [1.82, 2.24) is 14.9 Å². The van der Waals surface area contributed by atoms with Crippen LogP contribution in [0, 0.1) is 6.92 Å². The number of aryl methyl sites for hydroxylation is 1. The molecule has 0 N–H and O–H groups in total. The summed E-state index contributed by atoms with van der Waals surface area (Å²) >= 11 is 0. The van der Waals surface area contributed by atoms with E-state index in [1.165, 1.54) is 23.9 Å². The van der Waals surface area contributed by atoms with Gasteiger partial charge in [-0.15, -0.1) is 0 Å². The van der Waals surface area contributed by atoms with Gasteiger partial charge in [0.05, 0.1) is 5.52 Å². The van der Waals surface area contributed by atoms with Gasteiger partial charge in [-0.25, -0.2) is 9.97 Å². The Morgan fingerprint density at radius 1 is 1.05 bits per heavy atom. The molecule has 1 fully saturated rings. The third kappa shape index (κ3) is 2.40. The zero-order valence-corrected chi connectivity index (χ0v) is 11.6. The SMILES string of the molecule is Cc1cccc2ncnc(N3CCCN(C)CC3)c12. The lowest BCUT2D eigenvalue weighted by Crippen LogP contribution is -2.29. The summed E-state index contributed by atoms with van der Waals surface area (Å²) in [5.41, 5.74) is 2.30. The maximum absolute atomic E-state index is 4.55. The Morgan fingerprint density at radius 2 is 1.95 bits per heavy atom. The number of hydrogen-bond donors (Lipinski definition) is 0. The van der Waals surface area contributed by atoms with Crippen molar-refractivity contribution in [3.05, 3.63) is 30.1 Å². The molecule has 100 valence electrons. The van der Waals surface area contributed by atoms with E-state index in [-0.39, 0.29) is 0 Å². The largest absolute Gasteiger partial charge is 0.355 e. The molecule has 0 aliphatic carbocycles. The van der Waals surface area contributed by atoms with E-state index in [2.05, 4.69) is 51.9 Å². The third-order valence-electron chi connectivity index (χ3n) is 3.87. The van der Waals surface area contributed by atoms with E-state index in [0.717, 1.165) is 31.0 Å². The van der Waals surface area contributed by atoms with Crippen LogP contribution in [0.3, 0.4) is 0 Å². The third-order valence-corrected chi connectivity index (χ3v) is 3.87. The Labute approximate surface area is 114 Å². The Balaban J connectivity index is 2.04. The summed E-state index contributed by atoms with van der Waals surface area (Å²) in [4.78, 5) is 13.7. The van der Waals surface area contributed by atoms with Crippen LogP contribution in [-0.2, 0) is 0 Å². The van der Waals surface area contributed by atoms with Crippen LogP contribution in [0.4, 0.5) is 5.82 Å². The van der Waals surface area contributed by atoms with E-state index in [1.54, 1.807) is 6.33 Å². The van der Waals surface area contributed by atoms with E-state index in [0.29, 0.717) is 0 Å². The number of benzene rings is 1. The van der Waals surface area contributed by atoms with Gasteiger partial charge < -0.3 is 9.80 Å². The van der Waals surface area contributed by atoms with Gasteiger partial charge in [0.15, 0.2) is 0 Å². The van der Waals surface area contributed by atoms with Crippen molar-refractivity contribution in [2.45, 2.75) is 13.3 Å². The standard InChI is InChI=1S/C15H20N4/c1-12-5-3-6-13-14(12)15(17-11-16-13)19-8-4-7-18(2)9-10-19/h3,5-6,11H,4,7-10H2,1-2H3. The molecule has 1 aliphatic rings. The smallest absolute Gasteiger partial charge is 0.140 e. The molecule has 1 aliphatic heterocycles. The summed E-state index contributed by atoms with van der Waals surface area (Å²) in [7, 11) is 2.19. The minimum Gasteiger partial charge on any atom is -0.355 e. The van der Waals surface area contributed by atoms with Crippen LogP contribution in [0.25, 0.3) is 10.9 Å². The van der Waals surface area contributed by atoms with E-state index in [1.807, 2.05) is 0 Å². The highest BCUT2D eigenvalue weighted by Gasteiger charge is 2.17. The number of nitrogens with zero attached hydrogens (tertiary/aromatic N) is 4. The highest BCUT2D eigenvalue weighted by Crippen LogP contribution is 2.26. The average molecular weight is 256 g/mol. The lowest BCUT2D eigenvalue weighted by atomic mass is 10.1. The van der Waals surface area contributed by atoms with Crippen molar-refractivity contribution < 1.29 is 0 Å². The van der Waals surface area contributed by atoms with E-state index in [9.17, 15) is 0 Å². The van der Waals surface area contributed by atoms with Gasteiger partial charge in [0, 0.05) is 25.0 Å². The Kier molecular flexibility index (Phi) is 3.34. The summed E-state index contributed by atoms with van der Waals surface area (Å²) in [6.07, 6.45) is 2.87. The van der Waals surface area contributed by atoms with Crippen LogP contribution in [0.15, 0.2) is 24.5 Å². The fourth-order valence-electron chi connectivity index (χ4n) is 2.76. The maximum atomic E-state index is 4.55.